The lowest BCUT2D eigenvalue weighted by Crippen LogP contribution is -2.59. The quantitative estimate of drug-likeness (QED) is 0.854. The number of likely N-dealkylation sites (tertiary alicyclic amines) is 1. The molecule has 1 heterocycles. The molecule has 1 saturated carbocycles. The maximum atomic E-state index is 11.8. The normalized spacial score (nSPS) is 22.4. The third-order valence-corrected chi connectivity index (χ3v) is 4.25. The number of aliphatic carboxylic acids is 1. The summed E-state index contributed by atoms with van der Waals surface area (Å²) in [5.41, 5.74) is -0.540. The van der Waals surface area contributed by atoms with Crippen molar-refractivity contribution in [3.8, 4) is 0 Å². The van der Waals surface area contributed by atoms with Crippen molar-refractivity contribution in [1.29, 1.82) is 0 Å². The minimum Gasteiger partial charge on any atom is -0.481 e. The van der Waals surface area contributed by atoms with E-state index in [1.54, 1.807) is 4.90 Å². The molecular formula is C14H23NO4. The summed E-state index contributed by atoms with van der Waals surface area (Å²) in [6.45, 7) is 6.82. The van der Waals surface area contributed by atoms with Crippen LogP contribution in [0.5, 0.6) is 0 Å². The van der Waals surface area contributed by atoms with Crippen LogP contribution in [-0.2, 0) is 9.53 Å². The minimum atomic E-state index is -0.726. The molecule has 0 unspecified atom stereocenters. The van der Waals surface area contributed by atoms with E-state index in [-0.39, 0.29) is 17.9 Å². The van der Waals surface area contributed by atoms with Crippen LogP contribution in [0.15, 0.2) is 0 Å². The lowest BCUT2D eigenvalue weighted by molar-refractivity contribution is -0.146. The molecular weight excluding hydrogens is 246 g/mol. The van der Waals surface area contributed by atoms with Gasteiger partial charge in [0.2, 0.25) is 0 Å². The minimum absolute atomic E-state index is 0.0651. The van der Waals surface area contributed by atoms with Gasteiger partial charge < -0.3 is 14.7 Å². The van der Waals surface area contributed by atoms with Gasteiger partial charge in [0.15, 0.2) is 0 Å². The number of nitrogens with zero attached hydrogens (tertiary/aromatic N) is 1. The van der Waals surface area contributed by atoms with Gasteiger partial charge in [0.05, 0.1) is 6.42 Å². The number of carboxylic acid groups (broad SMARTS) is 1. The number of carbonyl (C=O) groups excluding carboxylic acids is 1. The largest absolute Gasteiger partial charge is 0.481 e. The van der Waals surface area contributed by atoms with Gasteiger partial charge in [0, 0.05) is 19.0 Å². The molecule has 0 spiro atoms. The van der Waals surface area contributed by atoms with E-state index in [1.165, 1.54) is 0 Å². The van der Waals surface area contributed by atoms with Crippen molar-refractivity contribution in [2.45, 2.75) is 52.1 Å². The average Bonchev–Trinajstić information content (AvgIpc) is 2.06. The second kappa shape index (κ2) is 4.69. The fourth-order valence-corrected chi connectivity index (χ4v) is 3.00. The van der Waals surface area contributed by atoms with E-state index in [9.17, 15) is 9.59 Å². The highest BCUT2D eigenvalue weighted by molar-refractivity contribution is 5.70. The first-order valence-corrected chi connectivity index (χ1v) is 6.92. The van der Waals surface area contributed by atoms with Crippen LogP contribution in [0.3, 0.4) is 0 Å². The molecule has 0 aromatic carbocycles. The van der Waals surface area contributed by atoms with Crippen LogP contribution in [-0.4, -0.2) is 40.8 Å². The summed E-state index contributed by atoms with van der Waals surface area (Å²) < 4.78 is 5.31. The smallest absolute Gasteiger partial charge is 0.410 e. The van der Waals surface area contributed by atoms with Crippen molar-refractivity contribution in [3.63, 3.8) is 0 Å². The third kappa shape index (κ3) is 3.01. The van der Waals surface area contributed by atoms with E-state index in [0.29, 0.717) is 19.0 Å². The maximum absolute atomic E-state index is 11.8. The Morgan fingerprint density at radius 3 is 2.26 bits per heavy atom. The van der Waals surface area contributed by atoms with Gasteiger partial charge in [-0.15, -0.1) is 0 Å². The molecule has 1 aliphatic carbocycles. The Bertz CT molecular complexity index is 375. The predicted molar refractivity (Wildman–Crippen MR) is 69.8 cm³/mol. The maximum Gasteiger partial charge on any atom is 0.410 e. The van der Waals surface area contributed by atoms with Crippen LogP contribution >= 0.6 is 0 Å². The number of rotatable bonds is 3. The molecule has 2 aliphatic rings. The van der Waals surface area contributed by atoms with E-state index >= 15 is 0 Å². The average molecular weight is 269 g/mol. The zero-order valence-electron chi connectivity index (χ0n) is 11.9. The Morgan fingerprint density at radius 1 is 1.32 bits per heavy atom. The van der Waals surface area contributed by atoms with Crippen molar-refractivity contribution < 1.29 is 19.4 Å². The van der Waals surface area contributed by atoms with Crippen molar-refractivity contribution in [1.82, 2.24) is 4.90 Å². The molecule has 1 amide bonds. The summed E-state index contributed by atoms with van der Waals surface area (Å²) in [6, 6.07) is 0. The number of hydrogen-bond acceptors (Lipinski definition) is 3. The first-order valence-electron chi connectivity index (χ1n) is 6.92. The van der Waals surface area contributed by atoms with Gasteiger partial charge >= 0.3 is 12.1 Å². The molecule has 1 aliphatic heterocycles. The molecule has 5 nitrogen and oxygen atoms in total. The molecule has 2 rings (SSSR count). The summed E-state index contributed by atoms with van der Waals surface area (Å²) in [4.78, 5) is 24.5. The number of carbonyl (C=O) groups is 2. The predicted octanol–water partition coefficient (Wildman–Crippen LogP) is 2.50. The summed E-state index contributed by atoms with van der Waals surface area (Å²) in [5.74, 6) is -0.403. The van der Waals surface area contributed by atoms with Crippen molar-refractivity contribution in [3.05, 3.63) is 0 Å². The zero-order valence-corrected chi connectivity index (χ0v) is 11.9. The second-order valence-corrected chi connectivity index (χ2v) is 6.87. The van der Waals surface area contributed by atoms with Crippen LogP contribution in [0.4, 0.5) is 4.79 Å². The Labute approximate surface area is 113 Å². The van der Waals surface area contributed by atoms with Gasteiger partial charge in [-0.05, 0) is 39.0 Å². The SMILES string of the molecule is CC(C)(C)OC(=O)N1CC(C2(CC(=O)O)CCC2)C1. The van der Waals surface area contributed by atoms with Gasteiger partial charge in [-0.3, -0.25) is 4.79 Å². The topological polar surface area (TPSA) is 66.8 Å². The van der Waals surface area contributed by atoms with E-state index in [4.69, 9.17) is 9.84 Å². The number of carboxylic acids is 1. The number of hydrogen-bond donors (Lipinski definition) is 1. The fourth-order valence-electron chi connectivity index (χ4n) is 3.00. The van der Waals surface area contributed by atoms with E-state index < -0.39 is 11.6 Å². The van der Waals surface area contributed by atoms with Crippen LogP contribution in [0.2, 0.25) is 0 Å². The van der Waals surface area contributed by atoms with E-state index in [2.05, 4.69) is 0 Å². The molecule has 1 saturated heterocycles. The number of amides is 1. The van der Waals surface area contributed by atoms with Crippen molar-refractivity contribution in [2.24, 2.45) is 11.3 Å². The summed E-state index contributed by atoms with van der Waals surface area (Å²) in [5, 5.41) is 9.01. The summed E-state index contributed by atoms with van der Waals surface area (Å²) >= 11 is 0. The van der Waals surface area contributed by atoms with Crippen LogP contribution in [0, 0.1) is 11.3 Å². The zero-order chi connectivity index (χ0) is 14.3. The Balaban J connectivity index is 1.85. The molecule has 0 bridgehead atoms. The van der Waals surface area contributed by atoms with Gasteiger partial charge in [0.25, 0.3) is 0 Å². The van der Waals surface area contributed by atoms with Gasteiger partial charge in [-0.1, -0.05) is 6.42 Å². The molecule has 2 fully saturated rings. The molecule has 0 aromatic rings. The van der Waals surface area contributed by atoms with Gasteiger partial charge in [-0.25, -0.2) is 4.79 Å². The van der Waals surface area contributed by atoms with E-state index in [0.717, 1.165) is 19.3 Å². The molecule has 108 valence electrons. The Morgan fingerprint density at radius 2 is 1.89 bits per heavy atom. The van der Waals surface area contributed by atoms with Crippen molar-refractivity contribution in [2.75, 3.05) is 13.1 Å². The van der Waals surface area contributed by atoms with Crippen molar-refractivity contribution >= 4 is 12.1 Å². The highest BCUT2D eigenvalue weighted by Gasteiger charge is 2.51. The first kappa shape index (κ1) is 14.2. The molecule has 0 aromatic heterocycles. The Hall–Kier alpha value is -1.26. The van der Waals surface area contributed by atoms with Crippen LogP contribution < -0.4 is 0 Å². The highest BCUT2D eigenvalue weighted by atomic mass is 16.6. The monoisotopic (exact) mass is 269 g/mol. The standard InChI is InChI=1S/C14H23NO4/c1-13(2,3)19-12(18)15-8-10(9-15)14(5-4-6-14)7-11(16)17/h10H,4-9H2,1-3H3,(H,16,17). The lowest BCUT2D eigenvalue weighted by atomic mass is 9.57. The van der Waals surface area contributed by atoms with Gasteiger partial charge in [-0.2, -0.15) is 0 Å². The first-order chi connectivity index (χ1) is 8.72. The summed E-state index contributed by atoms with van der Waals surface area (Å²) in [6.07, 6.45) is 3.02. The summed E-state index contributed by atoms with van der Waals surface area (Å²) in [7, 11) is 0. The van der Waals surface area contributed by atoms with Gasteiger partial charge in [0.1, 0.15) is 5.60 Å². The molecule has 5 heteroatoms. The highest BCUT2D eigenvalue weighted by Crippen LogP contribution is 2.52. The second-order valence-electron chi connectivity index (χ2n) is 6.87. The number of ether oxygens (including phenoxy) is 1. The molecule has 19 heavy (non-hydrogen) atoms. The van der Waals surface area contributed by atoms with Crippen LogP contribution in [0.1, 0.15) is 46.5 Å². The molecule has 1 N–H and O–H groups in total. The lowest BCUT2D eigenvalue weighted by Gasteiger charge is -2.54. The third-order valence-electron chi connectivity index (χ3n) is 4.25. The van der Waals surface area contributed by atoms with E-state index in [1.807, 2.05) is 20.8 Å². The molecule has 0 radical (unpaired) electrons. The fraction of sp³-hybridized carbons (Fsp3) is 0.857. The van der Waals surface area contributed by atoms with Crippen LogP contribution in [0.25, 0.3) is 0 Å². The molecule has 0 atom stereocenters. The Kier molecular flexibility index (Phi) is 3.49.